The van der Waals surface area contributed by atoms with Crippen LogP contribution >= 0.6 is 22.3 Å². The fraction of sp³-hybridized carbons (Fsp3) is 0.333. The minimum atomic E-state index is -3.44. The van der Waals surface area contributed by atoms with Crippen molar-refractivity contribution in [3.05, 3.63) is 34.3 Å². The van der Waals surface area contributed by atoms with Gasteiger partial charge in [-0.15, -0.1) is 0 Å². The summed E-state index contributed by atoms with van der Waals surface area (Å²) in [5.74, 6) is -0.0856. The van der Waals surface area contributed by atoms with Gasteiger partial charge in [-0.05, 0) is 24.5 Å². The second kappa shape index (κ2) is 4.51. The summed E-state index contributed by atoms with van der Waals surface area (Å²) in [7, 11) is 1.67. The maximum atomic E-state index is 10.7. The number of hydrogen-bond donors (Lipinski definition) is 0. The van der Waals surface area contributed by atoms with Gasteiger partial charge in [0.2, 0.25) is 9.05 Å². The van der Waals surface area contributed by atoms with E-state index in [1.165, 1.54) is 0 Å². The van der Waals surface area contributed by atoms with Crippen LogP contribution in [0.1, 0.15) is 11.1 Å². The van der Waals surface area contributed by atoms with Crippen LogP contribution in [-0.2, 0) is 15.5 Å². The first-order valence-electron chi connectivity index (χ1n) is 4.06. The molecular formula is C9H10Cl2O2S. The van der Waals surface area contributed by atoms with E-state index in [1.807, 2.05) is 19.1 Å². The maximum absolute atomic E-state index is 10.7. The van der Waals surface area contributed by atoms with Gasteiger partial charge in [0.1, 0.15) is 0 Å². The van der Waals surface area contributed by atoms with Crippen molar-refractivity contribution >= 4 is 31.3 Å². The number of benzene rings is 1. The van der Waals surface area contributed by atoms with Crippen LogP contribution in [0.5, 0.6) is 0 Å². The normalized spacial score (nSPS) is 11.6. The molecule has 14 heavy (non-hydrogen) atoms. The van der Waals surface area contributed by atoms with Gasteiger partial charge in [0.25, 0.3) is 0 Å². The molecule has 0 N–H and O–H groups in total. The second-order valence-corrected chi connectivity index (χ2v) is 6.32. The van der Waals surface area contributed by atoms with Crippen molar-refractivity contribution < 1.29 is 8.42 Å². The van der Waals surface area contributed by atoms with Crippen LogP contribution in [0.3, 0.4) is 0 Å². The summed E-state index contributed by atoms with van der Waals surface area (Å²) in [4.78, 5) is 0. The van der Waals surface area contributed by atoms with E-state index in [1.54, 1.807) is 6.07 Å². The third-order valence-electron chi connectivity index (χ3n) is 1.89. The number of rotatable bonds is 3. The van der Waals surface area contributed by atoms with Gasteiger partial charge in [0.05, 0.1) is 5.75 Å². The minimum Gasteiger partial charge on any atom is -0.212 e. The van der Waals surface area contributed by atoms with Gasteiger partial charge in [-0.2, -0.15) is 0 Å². The zero-order chi connectivity index (χ0) is 10.8. The van der Waals surface area contributed by atoms with Gasteiger partial charge >= 0.3 is 0 Å². The van der Waals surface area contributed by atoms with Crippen LogP contribution < -0.4 is 0 Å². The number of halogens is 2. The van der Waals surface area contributed by atoms with Gasteiger partial charge in [0.15, 0.2) is 0 Å². The maximum Gasteiger partial charge on any atom is 0.232 e. The summed E-state index contributed by atoms with van der Waals surface area (Å²) in [6.45, 7) is 1.88. The Morgan fingerprint density at radius 2 is 2.00 bits per heavy atom. The molecule has 1 aromatic rings. The first-order valence-corrected chi connectivity index (χ1v) is 6.92. The highest BCUT2D eigenvalue weighted by atomic mass is 35.7. The molecule has 0 amide bonds. The van der Waals surface area contributed by atoms with Crippen molar-refractivity contribution in [1.29, 1.82) is 0 Å². The molecule has 0 atom stereocenters. The molecule has 0 fully saturated rings. The van der Waals surface area contributed by atoms with E-state index >= 15 is 0 Å². The lowest BCUT2D eigenvalue weighted by molar-refractivity contribution is 0.609. The first kappa shape index (κ1) is 11.8. The molecule has 0 aliphatic carbocycles. The molecule has 0 unspecified atom stereocenters. The van der Waals surface area contributed by atoms with Crippen molar-refractivity contribution in [1.82, 2.24) is 0 Å². The van der Waals surface area contributed by atoms with Crippen molar-refractivity contribution in [3.8, 4) is 0 Å². The van der Waals surface area contributed by atoms with Crippen LogP contribution in [0, 0.1) is 6.92 Å². The molecule has 2 nitrogen and oxygen atoms in total. The Morgan fingerprint density at radius 3 is 2.57 bits per heavy atom. The lowest BCUT2D eigenvalue weighted by Gasteiger charge is -2.04. The summed E-state index contributed by atoms with van der Waals surface area (Å²) in [5, 5.41) is 0.618. The molecule has 0 saturated heterocycles. The fourth-order valence-electron chi connectivity index (χ4n) is 1.13. The molecular weight excluding hydrogens is 243 g/mol. The first-order chi connectivity index (χ1) is 6.40. The van der Waals surface area contributed by atoms with Crippen LogP contribution in [0.15, 0.2) is 18.2 Å². The van der Waals surface area contributed by atoms with E-state index in [4.69, 9.17) is 22.3 Å². The van der Waals surface area contributed by atoms with E-state index in [0.29, 0.717) is 11.4 Å². The van der Waals surface area contributed by atoms with Gasteiger partial charge in [-0.3, -0.25) is 0 Å². The number of hydrogen-bond acceptors (Lipinski definition) is 2. The molecule has 0 aromatic heterocycles. The molecule has 78 valence electrons. The third kappa shape index (κ3) is 3.48. The van der Waals surface area contributed by atoms with Crippen LogP contribution in [-0.4, -0.2) is 14.2 Å². The van der Waals surface area contributed by atoms with Gasteiger partial charge < -0.3 is 0 Å². The lowest BCUT2D eigenvalue weighted by Crippen LogP contribution is -2.01. The van der Waals surface area contributed by atoms with Crippen molar-refractivity contribution in [2.24, 2.45) is 0 Å². The summed E-state index contributed by atoms with van der Waals surface area (Å²) >= 11 is 5.98. The van der Waals surface area contributed by atoms with E-state index in [9.17, 15) is 8.42 Å². The average Bonchev–Trinajstić information content (AvgIpc) is 2.06. The topological polar surface area (TPSA) is 34.1 Å². The minimum absolute atomic E-state index is 0.0856. The van der Waals surface area contributed by atoms with Gasteiger partial charge in [-0.1, -0.05) is 29.8 Å². The molecule has 5 heteroatoms. The highest BCUT2D eigenvalue weighted by Gasteiger charge is 2.08. The molecule has 0 aliphatic heterocycles. The Morgan fingerprint density at radius 1 is 1.36 bits per heavy atom. The standard InChI is InChI=1S/C9H10Cl2O2S/c1-7-3-2-4-8(9(7)10)5-6-14(11,12)13/h2-4H,5-6H2,1H3. The van der Waals surface area contributed by atoms with Crippen LogP contribution in [0.2, 0.25) is 5.02 Å². The van der Waals surface area contributed by atoms with Gasteiger partial charge in [0, 0.05) is 15.7 Å². The molecule has 1 rings (SSSR count). The molecule has 0 heterocycles. The molecule has 0 bridgehead atoms. The zero-order valence-corrected chi connectivity index (χ0v) is 9.96. The monoisotopic (exact) mass is 252 g/mol. The summed E-state index contributed by atoms with van der Waals surface area (Å²) in [6.07, 6.45) is 0.354. The Bertz CT molecular complexity index is 426. The van der Waals surface area contributed by atoms with E-state index in [-0.39, 0.29) is 5.75 Å². The summed E-state index contributed by atoms with van der Waals surface area (Å²) in [6, 6.07) is 5.52. The second-order valence-electron chi connectivity index (χ2n) is 3.04. The predicted octanol–water partition coefficient (Wildman–Crippen LogP) is 2.76. The Hall–Kier alpha value is -0.250. The molecule has 1 aromatic carbocycles. The molecule has 0 aliphatic rings. The smallest absolute Gasteiger partial charge is 0.212 e. The largest absolute Gasteiger partial charge is 0.232 e. The quantitative estimate of drug-likeness (QED) is 0.776. The van der Waals surface area contributed by atoms with E-state index < -0.39 is 9.05 Å². The van der Waals surface area contributed by atoms with Crippen LogP contribution in [0.4, 0.5) is 0 Å². The average molecular weight is 253 g/mol. The molecule has 0 saturated carbocycles. The Balaban J connectivity index is 2.83. The Kier molecular flexibility index (Phi) is 3.81. The summed E-state index contributed by atoms with van der Waals surface area (Å²) < 4.78 is 21.4. The van der Waals surface area contributed by atoms with E-state index in [2.05, 4.69) is 0 Å². The fourth-order valence-corrected chi connectivity index (χ4v) is 2.05. The highest BCUT2D eigenvalue weighted by molar-refractivity contribution is 8.13. The molecule has 0 spiro atoms. The lowest BCUT2D eigenvalue weighted by atomic mass is 10.1. The highest BCUT2D eigenvalue weighted by Crippen LogP contribution is 2.21. The van der Waals surface area contributed by atoms with E-state index in [0.717, 1.165) is 11.1 Å². The summed E-state index contributed by atoms with van der Waals surface area (Å²) in [5.41, 5.74) is 1.76. The number of aryl methyl sites for hydroxylation is 2. The third-order valence-corrected chi connectivity index (χ3v) is 3.58. The SMILES string of the molecule is Cc1cccc(CCS(=O)(=O)Cl)c1Cl. The van der Waals surface area contributed by atoms with Crippen molar-refractivity contribution in [2.45, 2.75) is 13.3 Å². The predicted molar refractivity (Wildman–Crippen MR) is 59.5 cm³/mol. The molecule has 0 radical (unpaired) electrons. The van der Waals surface area contributed by atoms with Crippen molar-refractivity contribution in [3.63, 3.8) is 0 Å². The Labute approximate surface area is 93.3 Å². The van der Waals surface area contributed by atoms with Crippen molar-refractivity contribution in [2.75, 3.05) is 5.75 Å². The zero-order valence-electron chi connectivity index (χ0n) is 7.63. The van der Waals surface area contributed by atoms with Gasteiger partial charge in [-0.25, -0.2) is 8.42 Å². The van der Waals surface area contributed by atoms with Crippen LogP contribution in [0.25, 0.3) is 0 Å².